The lowest BCUT2D eigenvalue weighted by atomic mass is 10.1. The Labute approximate surface area is 134 Å². The van der Waals surface area contributed by atoms with E-state index in [9.17, 15) is 17.6 Å². The van der Waals surface area contributed by atoms with E-state index >= 15 is 0 Å². The standard InChI is InChI=1S/C12H5BrCl2F4S/c13-7-4-9(20-11(7)15)10(14)6-3-5(12(17,18)19)1-2-8(6)16/h1-4,10H. The monoisotopic (exact) mass is 406 g/mol. The first-order valence-corrected chi connectivity index (χ1v) is 7.58. The summed E-state index contributed by atoms with van der Waals surface area (Å²) in [5, 5.41) is -1.04. The van der Waals surface area contributed by atoms with Gasteiger partial charge in [0.05, 0.1) is 10.9 Å². The second-order valence-corrected chi connectivity index (χ2v) is 6.84. The maximum atomic E-state index is 13.7. The van der Waals surface area contributed by atoms with Crippen molar-refractivity contribution in [3.05, 3.63) is 54.9 Å². The Morgan fingerprint density at radius 3 is 2.35 bits per heavy atom. The van der Waals surface area contributed by atoms with Gasteiger partial charge in [0.2, 0.25) is 0 Å². The van der Waals surface area contributed by atoms with Crippen molar-refractivity contribution in [2.75, 3.05) is 0 Å². The average molecular weight is 408 g/mol. The molecule has 8 heteroatoms. The molecule has 0 aliphatic heterocycles. The van der Waals surface area contributed by atoms with Gasteiger partial charge in [0.25, 0.3) is 0 Å². The minimum atomic E-state index is -4.55. The van der Waals surface area contributed by atoms with Crippen LogP contribution in [0.15, 0.2) is 28.7 Å². The number of rotatable bonds is 2. The summed E-state index contributed by atoms with van der Waals surface area (Å²) in [6.45, 7) is 0. The summed E-state index contributed by atoms with van der Waals surface area (Å²) in [4.78, 5) is 0.460. The second kappa shape index (κ2) is 5.83. The molecule has 0 bridgehead atoms. The van der Waals surface area contributed by atoms with Crippen LogP contribution < -0.4 is 0 Å². The largest absolute Gasteiger partial charge is 0.416 e. The van der Waals surface area contributed by atoms with Crippen LogP contribution in [0.5, 0.6) is 0 Å². The first-order chi connectivity index (χ1) is 9.20. The van der Waals surface area contributed by atoms with Crippen molar-refractivity contribution < 1.29 is 17.6 Å². The number of halogens is 7. The van der Waals surface area contributed by atoms with E-state index in [1.54, 1.807) is 6.07 Å². The van der Waals surface area contributed by atoms with Crippen LogP contribution in [0.4, 0.5) is 17.6 Å². The Morgan fingerprint density at radius 2 is 1.85 bits per heavy atom. The maximum absolute atomic E-state index is 13.7. The zero-order valence-corrected chi connectivity index (χ0v) is 13.4. The molecule has 1 atom stereocenters. The summed E-state index contributed by atoms with van der Waals surface area (Å²) in [7, 11) is 0. The second-order valence-electron chi connectivity index (χ2n) is 3.87. The minimum Gasteiger partial charge on any atom is -0.207 e. The molecule has 20 heavy (non-hydrogen) atoms. The predicted octanol–water partition coefficient (Wildman–Crippen LogP) is 6.65. The van der Waals surface area contributed by atoms with Crippen LogP contribution in [-0.4, -0.2) is 0 Å². The molecule has 1 aromatic carbocycles. The summed E-state index contributed by atoms with van der Waals surface area (Å²) in [5.74, 6) is -0.793. The van der Waals surface area contributed by atoms with E-state index in [2.05, 4.69) is 15.9 Å². The van der Waals surface area contributed by atoms with E-state index in [-0.39, 0.29) is 5.56 Å². The first kappa shape index (κ1) is 16.1. The fourth-order valence-corrected chi connectivity index (χ4v) is 3.65. The predicted molar refractivity (Wildman–Crippen MR) is 76.1 cm³/mol. The number of hydrogen-bond donors (Lipinski definition) is 0. The van der Waals surface area contributed by atoms with Gasteiger partial charge in [-0.1, -0.05) is 11.6 Å². The SMILES string of the molecule is Fc1ccc(C(F)(F)F)cc1C(Cl)c1cc(Br)c(Cl)s1. The molecule has 0 aliphatic rings. The van der Waals surface area contributed by atoms with E-state index in [4.69, 9.17) is 23.2 Å². The van der Waals surface area contributed by atoms with Crippen LogP contribution in [0, 0.1) is 5.82 Å². The molecule has 0 nitrogen and oxygen atoms in total. The lowest BCUT2D eigenvalue weighted by Gasteiger charge is -2.13. The maximum Gasteiger partial charge on any atom is 0.416 e. The summed E-state index contributed by atoms with van der Waals surface area (Å²) in [6, 6.07) is 3.72. The van der Waals surface area contributed by atoms with Gasteiger partial charge in [-0.25, -0.2) is 4.39 Å². The Morgan fingerprint density at radius 1 is 1.20 bits per heavy atom. The summed E-state index contributed by atoms with van der Waals surface area (Å²) in [6.07, 6.45) is -4.55. The molecule has 1 aromatic heterocycles. The lowest BCUT2D eigenvalue weighted by Crippen LogP contribution is -2.07. The number of benzene rings is 1. The van der Waals surface area contributed by atoms with Crippen LogP contribution in [0.1, 0.15) is 21.4 Å². The fraction of sp³-hybridized carbons (Fsp3) is 0.167. The number of thiophene rings is 1. The van der Waals surface area contributed by atoms with Gasteiger partial charge in [0.15, 0.2) is 0 Å². The molecule has 0 amide bonds. The zero-order chi connectivity index (χ0) is 15.1. The quantitative estimate of drug-likeness (QED) is 0.386. The highest BCUT2D eigenvalue weighted by atomic mass is 79.9. The Kier molecular flexibility index (Phi) is 4.69. The van der Waals surface area contributed by atoms with Crippen molar-refractivity contribution in [3.63, 3.8) is 0 Å². The van der Waals surface area contributed by atoms with Gasteiger partial charge in [-0.3, -0.25) is 0 Å². The van der Waals surface area contributed by atoms with Crippen molar-refractivity contribution in [3.8, 4) is 0 Å². The van der Waals surface area contributed by atoms with Crippen molar-refractivity contribution in [2.24, 2.45) is 0 Å². The van der Waals surface area contributed by atoms with Gasteiger partial charge in [0, 0.05) is 14.9 Å². The van der Waals surface area contributed by atoms with Crippen molar-refractivity contribution in [2.45, 2.75) is 11.6 Å². The van der Waals surface area contributed by atoms with Crippen molar-refractivity contribution in [1.82, 2.24) is 0 Å². The van der Waals surface area contributed by atoms with Gasteiger partial charge >= 0.3 is 6.18 Å². The Balaban J connectivity index is 2.46. The molecular formula is C12H5BrCl2F4S. The van der Waals surface area contributed by atoms with E-state index in [0.717, 1.165) is 17.4 Å². The van der Waals surface area contributed by atoms with Gasteiger partial charge in [-0.15, -0.1) is 22.9 Å². The van der Waals surface area contributed by atoms with Crippen molar-refractivity contribution >= 4 is 50.5 Å². The molecule has 0 radical (unpaired) electrons. The molecule has 2 aromatic rings. The minimum absolute atomic E-state index is 0.230. The number of alkyl halides is 4. The molecule has 0 spiro atoms. The van der Waals surface area contributed by atoms with Gasteiger partial charge in [0.1, 0.15) is 10.2 Å². The molecule has 1 heterocycles. The molecule has 2 rings (SSSR count). The third kappa shape index (κ3) is 3.30. The van der Waals surface area contributed by atoms with Gasteiger partial charge < -0.3 is 0 Å². The average Bonchev–Trinajstić information content (AvgIpc) is 2.68. The van der Waals surface area contributed by atoms with E-state index in [0.29, 0.717) is 25.8 Å². The molecule has 0 saturated heterocycles. The van der Waals surface area contributed by atoms with Gasteiger partial charge in [-0.2, -0.15) is 13.2 Å². The van der Waals surface area contributed by atoms with Crippen LogP contribution in [-0.2, 0) is 6.18 Å². The lowest BCUT2D eigenvalue weighted by molar-refractivity contribution is -0.137. The molecule has 0 aliphatic carbocycles. The Hall–Kier alpha value is -0.300. The first-order valence-electron chi connectivity index (χ1n) is 5.15. The van der Waals surface area contributed by atoms with E-state index in [1.165, 1.54) is 0 Å². The van der Waals surface area contributed by atoms with Crippen LogP contribution in [0.3, 0.4) is 0 Å². The molecule has 0 fully saturated rings. The fourth-order valence-electron chi connectivity index (χ4n) is 1.56. The molecular weight excluding hydrogens is 403 g/mol. The highest BCUT2D eigenvalue weighted by molar-refractivity contribution is 9.10. The van der Waals surface area contributed by atoms with Gasteiger partial charge in [-0.05, 0) is 40.2 Å². The normalized spacial score (nSPS) is 13.6. The molecule has 108 valence electrons. The molecule has 1 unspecified atom stereocenters. The van der Waals surface area contributed by atoms with Crippen molar-refractivity contribution in [1.29, 1.82) is 0 Å². The third-order valence-corrected chi connectivity index (χ3v) is 5.65. The Bertz CT molecular complexity index is 619. The highest BCUT2D eigenvalue weighted by Crippen LogP contribution is 2.42. The smallest absolute Gasteiger partial charge is 0.207 e. The molecule has 0 saturated carbocycles. The van der Waals surface area contributed by atoms with E-state index in [1.807, 2.05) is 0 Å². The summed E-state index contributed by atoms with van der Waals surface area (Å²) >= 11 is 16.2. The zero-order valence-electron chi connectivity index (χ0n) is 9.44. The van der Waals surface area contributed by atoms with E-state index < -0.39 is 22.9 Å². The summed E-state index contributed by atoms with van der Waals surface area (Å²) < 4.78 is 52.6. The topological polar surface area (TPSA) is 0 Å². The third-order valence-electron chi connectivity index (χ3n) is 2.51. The van der Waals surface area contributed by atoms with Crippen LogP contribution >= 0.6 is 50.5 Å². The molecule has 0 N–H and O–H groups in total. The summed E-state index contributed by atoms with van der Waals surface area (Å²) in [5.41, 5.74) is -1.17. The van der Waals surface area contributed by atoms with Crippen LogP contribution in [0.25, 0.3) is 0 Å². The van der Waals surface area contributed by atoms with Crippen LogP contribution in [0.2, 0.25) is 4.34 Å². The number of hydrogen-bond acceptors (Lipinski definition) is 1. The highest BCUT2D eigenvalue weighted by Gasteiger charge is 2.32.